The molecule has 3 nitrogen and oxygen atoms in total. The van der Waals surface area contributed by atoms with Crippen LogP contribution in [0, 0.1) is 11.3 Å². The minimum atomic E-state index is -0.407. The number of furan rings is 1. The number of allylic oxidation sites excluding steroid dienone is 1. The minimum Gasteiger partial charge on any atom is -0.461 e. The van der Waals surface area contributed by atoms with E-state index in [0.29, 0.717) is 0 Å². The SMILES string of the molecule is N#C/C(=C\c1ccc2ccccc2c1)C(=O)c1ccco1. The van der Waals surface area contributed by atoms with Crippen molar-refractivity contribution in [2.75, 3.05) is 0 Å². The summed E-state index contributed by atoms with van der Waals surface area (Å²) < 4.78 is 5.04. The second-order valence-electron chi connectivity index (χ2n) is 4.58. The van der Waals surface area contributed by atoms with Crippen LogP contribution in [0.3, 0.4) is 0 Å². The monoisotopic (exact) mass is 273 g/mol. The van der Waals surface area contributed by atoms with Crippen molar-refractivity contribution in [1.29, 1.82) is 5.26 Å². The molecule has 0 saturated carbocycles. The molecule has 2 aromatic carbocycles. The van der Waals surface area contributed by atoms with Crippen LogP contribution in [0.2, 0.25) is 0 Å². The summed E-state index contributed by atoms with van der Waals surface area (Å²) in [5.41, 5.74) is 0.866. The van der Waals surface area contributed by atoms with Crippen LogP contribution in [0.4, 0.5) is 0 Å². The lowest BCUT2D eigenvalue weighted by molar-refractivity contribution is 0.101. The van der Waals surface area contributed by atoms with Gasteiger partial charge in [0.15, 0.2) is 5.76 Å². The number of fused-ring (bicyclic) bond motifs is 1. The Morgan fingerprint density at radius 2 is 1.86 bits per heavy atom. The fraction of sp³-hybridized carbons (Fsp3) is 0. The van der Waals surface area contributed by atoms with Crippen LogP contribution < -0.4 is 0 Å². The second kappa shape index (κ2) is 5.48. The van der Waals surface area contributed by atoms with Crippen LogP contribution in [0.5, 0.6) is 0 Å². The summed E-state index contributed by atoms with van der Waals surface area (Å²) in [4.78, 5) is 12.1. The van der Waals surface area contributed by atoms with Crippen molar-refractivity contribution >= 4 is 22.6 Å². The molecule has 0 amide bonds. The van der Waals surface area contributed by atoms with Crippen molar-refractivity contribution < 1.29 is 9.21 Å². The van der Waals surface area contributed by atoms with Crippen molar-refractivity contribution in [2.45, 2.75) is 0 Å². The molecule has 0 aliphatic carbocycles. The number of carbonyl (C=O) groups is 1. The summed E-state index contributed by atoms with van der Waals surface area (Å²) in [5.74, 6) is -0.237. The van der Waals surface area contributed by atoms with E-state index in [0.717, 1.165) is 16.3 Å². The van der Waals surface area contributed by atoms with Crippen molar-refractivity contribution in [1.82, 2.24) is 0 Å². The third-order valence-corrected chi connectivity index (χ3v) is 3.19. The zero-order valence-corrected chi connectivity index (χ0v) is 11.1. The largest absolute Gasteiger partial charge is 0.461 e. The predicted octanol–water partition coefficient (Wildman–Crippen LogP) is 4.22. The van der Waals surface area contributed by atoms with Crippen molar-refractivity contribution in [3.8, 4) is 6.07 Å². The maximum Gasteiger partial charge on any atom is 0.238 e. The van der Waals surface area contributed by atoms with Gasteiger partial charge in [0.1, 0.15) is 11.6 Å². The first-order valence-corrected chi connectivity index (χ1v) is 6.47. The predicted molar refractivity (Wildman–Crippen MR) is 80.6 cm³/mol. The molecule has 0 atom stereocenters. The molecule has 0 aliphatic rings. The van der Waals surface area contributed by atoms with E-state index in [-0.39, 0.29) is 11.3 Å². The molecule has 1 heterocycles. The molecule has 0 radical (unpaired) electrons. The normalized spacial score (nSPS) is 11.3. The Morgan fingerprint density at radius 3 is 2.57 bits per heavy atom. The van der Waals surface area contributed by atoms with Crippen LogP contribution >= 0.6 is 0 Å². The summed E-state index contributed by atoms with van der Waals surface area (Å²) in [6.45, 7) is 0. The van der Waals surface area contributed by atoms with E-state index in [2.05, 4.69) is 0 Å². The molecule has 0 fully saturated rings. The first-order valence-electron chi connectivity index (χ1n) is 6.47. The van der Waals surface area contributed by atoms with E-state index in [1.165, 1.54) is 6.26 Å². The van der Waals surface area contributed by atoms with Gasteiger partial charge in [-0.1, -0.05) is 36.4 Å². The first-order chi connectivity index (χ1) is 10.3. The van der Waals surface area contributed by atoms with Gasteiger partial charge in [0.25, 0.3) is 0 Å². The maximum atomic E-state index is 12.1. The molecule has 21 heavy (non-hydrogen) atoms. The quantitative estimate of drug-likeness (QED) is 0.408. The lowest BCUT2D eigenvalue weighted by Crippen LogP contribution is -1.99. The summed E-state index contributed by atoms with van der Waals surface area (Å²) in [5, 5.41) is 11.4. The topological polar surface area (TPSA) is 54.0 Å². The van der Waals surface area contributed by atoms with E-state index in [1.54, 1.807) is 18.2 Å². The molecule has 3 heteroatoms. The van der Waals surface area contributed by atoms with Crippen LogP contribution in [-0.4, -0.2) is 5.78 Å². The van der Waals surface area contributed by atoms with Gasteiger partial charge in [-0.15, -0.1) is 0 Å². The van der Waals surface area contributed by atoms with Crippen molar-refractivity contribution in [3.63, 3.8) is 0 Å². The number of benzene rings is 2. The molecule has 0 bridgehead atoms. The third-order valence-electron chi connectivity index (χ3n) is 3.19. The van der Waals surface area contributed by atoms with Crippen LogP contribution in [0.15, 0.2) is 70.9 Å². The Balaban J connectivity index is 2.01. The molecule has 0 aliphatic heterocycles. The highest BCUT2D eigenvalue weighted by Crippen LogP contribution is 2.19. The Labute approximate surface area is 121 Å². The zero-order valence-electron chi connectivity index (χ0n) is 11.1. The number of hydrogen-bond acceptors (Lipinski definition) is 3. The van der Waals surface area contributed by atoms with Crippen LogP contribution in [-0.2, 0) is 0 Å². The average Bonchev–Trinajstić information content (AvgIpc) is 3.06. The van der Waals surface area contributed by atoms with Gasteiger partial charge in [-0.2, -0.15) is 5.26 Å². The van der Waals surface area contributed by atoms with Gasteiger partial charge in [0, 0.05) is 0 Å². The first kappa shape index (κ1) is 12.9. The fourth-order valence-corrected chi connectivity index (χ4v) is 2.15. The molecule has 0 unspecified atom stereocenters. The third kappa shape index (κ3) is 2.60. The standard InChI is InChI=1S/C18H11NO2/c19-12-16(18(20)17-6-3-9-21-17)11-13-7-8-14-4-1-2-5-15(14)10-13/h1-11H/b16-11+. The van der Waals surface area contributed by atoms with E-state index in [4.69, 9.17) is 4.42 Å². The van der Waals surface area contributed by atoms with E-state index >= 15 is 0 Å². The summed E-state index contributed by atoms with van der Waals surface area (Å²) in [6.07, 6.45) is 3.00. The maximum absolute atomic E-state index is 12.1. The highest BCUT2D eigenvalue weighted by Gasteiger charge is 2.14. The molecule has 100 valence electrons. The molecule has 3 rings (SSSR count). The van der Waals surface area contributed by atoms with Crippen molar-refractivity contribution in [3.05, 3.63) is 77.8 Å². The fourth-order valence-electron chi connectivity index (χ4n) is 2.15. The van der Waals surface area contributed by atoms with Gasteiger partial charge in [0.2, 0.25) is 5.78 Å². The lowest BCUT2D eigenvalue weighted by atomic mass is 10.0. The Morgan fingerprint density at radius 1 is 1.05 bits per heavy atom. The number of nitrogens with zero attached hydrogens (tertiary/aromatic N) is 1. The number of carbonyl (C=O) groups excluding carboxylic acids is 1. The summed E-state index contributed by atoms with van der Waals surface area (Å²) in [7, 11) is 0. The molecule has 0 spiro atoms. The molecule has 3 aromatic rings. The number of nitriles is 1. The van der Waals surface area contributed by atoms with Gasteiger partial charge in [-0.3, -0.25) is 4.79 Å². The van der Waals surface area contributed by atoms with Crippen LogP contribution in [0.25, 0.3) is 16.8 Å². The lowest BCUT2D eigenvalue weighted by Gasteiger charge is -2.00. The van der Waals surface area contributed by atoms with Gasteiger partial charge in [-0.25, -0.2) is 0 Å². The number of rotatable bonds is 3. The molecule has 0 N–H and O–H groups in total. The number of hydrogen-bond donors (Lipinski definition) is 0. The summed E-state index contributed by atoms with van der Waals surface area (Å²) in [6, 6.07) is 18.8. The Kier molecular flexibility index (Phi) is 3.36. The Bertz CT molecular complexity index is 868. The van der Waals surface area contributed by atoms with Gasteiger partial charge >= 0.3 is 0 Å². The highest BCUT2D eigenvalue weighted by atomic mass is 16.3. The van der Waals surface area contributed by atoms with Gasteiger partial charge in [0.05, 0.1) is 6.26 Å². The highest BCUT2D eigenvalue weighted by molar-refractivity contribution is 6.12. The second-order valence-corrected chi connectivity index (χ2v) is 4.58. The molecular formula is C18H11NO2. The van der Waals surface area contributed by atoms with E-state index in [9.17, 15) is 10.1 Å². The van der Waals surface area contributed by atoms with Crippen molar-refractivity contribution in [2.24, 2.45) is 0 Å². The molecule has 0 saturated heterocycles. The smallest absolute Gasteiger partial charge is 0.238 e. The Hall–Kier alpha value is -3.12. The number of Topliss-reactive ketones (excluding diaryl/α,β-unsaturated/α-hetero) is 1. The minimum absolute atomic E-state index is 0.0558. The molecule has 1 aromatic heterocycles. The zero-order chi connectivity index (χ0) is 14.7. The van der Waals surface area contributed by atoms with Crippen LogP contribution in [0.1, 0.15) is 16.1 Å². The van der Waals surface area contributed by atoms with Gasteiger partial charge in [-0.05, 0) is 40.6 Å². The van der Waals surface area contributed by atoms with E-state index < -0.39 is 5.78 Å². The summed E-state index contributed by atoms with van der Waals surface area (Å²) >= 11 is 0. The average molecular weight is 273 g/mol. The number of ketones is 1. The van der Waals surface area contributed by atoms with E-state index in [1.807, 2.05) is 48.5 Å². The van der Waals surface area contributed by atoms with Gasteiger partial charge < -0.3 is 4.42 Å². The molecular weight excluding hydrogens is 262 g/mol.